The number of aryl methyl sites for hydroxylation is 1. The van der Waals surface area contributed by atoms with E-state index in [1.165, 1.54) is 17.4 Å². The summed E-state index contributed by atoms with van der Waals surface area (Å²) < 4.78 is 13.5. The highest BCUT2D eigenvalue weighted by Gasteiger charge is 2.12. The lowest BCUT2D eigenvalue weighted by Crippen LogP contribution is -2.16. The third kappa shape index (κ3) is 2.68. The summed E-state index contributed by atoms with van der Waals surface area (Å²) in [6.07, 6.45) is 0. The van der Waals surface area contributed by atoms with Crippen LogP contribution in [0.3, 0.4) is 0 Å². The zero-order chi connectivity index (χ0) is 13.1. The van der Waals surface area contributed by atoms with Crippen molar-refractivity contribution in [1.29, 1.82) is 0 Å². The van der Waals surface area contributed by atoms with Gasteiger partial charge in [0.2, 0.25) is 0 Å². The Labute approximate surface area is 110 Å². The van der Waals surface area contributed by atoms with Gasteiger partial charge < -0.3 is 10.0 Å². The van der Waals surface area contributed by atoms with Crippen molar-refractivity contribution in [3.8, 4) is 0 Å². The molecule has 0 amide bonds. The molecule has 5 heteroatoms. The van der Waals surface area contributed by atoms with Crippen LogP contribution in [0.4, 0.5) is 9.52 Å². The lowest BCUT2D eigenvalue weighted by molar-refractivity contribution is 0.284. The minimum Gasteiger partial charge on any atom is -0.391 e. The second kappa shape index (κ2) is 5.46. The van der Waals surface area contributed by atoms with Gasteiger partial charge in [-0.2, -0.15) is 0 Å². The van der Waals surface area contributed by atoms with Gasteiger partial charge in [-0.3, -0.25) is 0 Å². The summed E-state index contributed by atoms with van der Waals surface area (Å²) in [5.74, 6) is -0.208. The van der Waals surface area contributed by atoms with Gasteiger partial charge >= 0.3 is 0 Å². The van der Waals surface area contributed by atoms with Crippen LogP contribution in [-0.4, -0.2) is 17.1 Å². The highest BCUT2D eigenvalue weighted by molar-refractivity contribution is 7.15. The number of nitrogens with zero attached hydrogens (tertiary/aromatic N) is 2. The molecule has 0 radical (unpaired) electrons. The minimum atomic E-state index is -0.208. The number of thiazole rings is 1. The standard InChI is InChI=1S/C13H15FN2OS/c1-9-12(8-17)18-13(15-9)16(2)7-10-5-3-4-6-11(10)14/h3-6,17H,7-8H2,1-2H3. The molecule has 1 N–H and O–H groups in total. The van der Waals surface area contributed by atoms with E-state index in [1.54, 1.807) is 12.1 Å². The lowest BCUT2D eigenvalue weighted by atomic mass is 10.2. The topological polar surface area (TPSA) is 36.4 Å². The van der Waals surface area contributed by atoms with Crippen LogP contribution in [0, 0.1) is 12.7 Å². The molecule has 1 aromatic carbocycles. The maximum Gasteiger partial charge on any atom is 0.185 e. The average molecular weight is 266 g/mol. The first-order valence-corrected chi connectivity index (χ1v) is 6.45. The summed E-state index contributed by atoms with van der Waals surface area (Å²) in [5, 5.41) is 9.93. The van der Waals surface area contributed by atoms with E-state index in [4.69, 9.17) is 5.11 Å². The van der Waals surface area contributed by atoms with Crippen molar-refractivity contribution >= 4 is 16.5 Å². The molecule has 96 valence electrons. The first-order chi connectivity index (χ1) is 8.61. The van der Waals surface area contributed by atoms with Gasteiger partial charge in [-0.25, -0.2) is 9.37 Å². The second-order valence-electron chi connectivity index (χ2n) is 4.11. The van der Waals surface area contributed by atoms with Gasteiger partial charge in [-0.05, 0) is 13.0 Å². The van der Waals surface area contributed by atoms with Crippen molar-refractivity contribution in [2.75, 3.05) is 11.9 Å². The highest BCUT2D eigenvalue weighted by Crippen LogP contribution is 2.26. The van der Waals surface area contributed by atoms with Gasteiger partial charge in [0.05, 0.1) is 17.2 Å². The summed E-state index contributed by atoms with van der Waals surface area (Å²) in [6.45, 7) is 2.32. The van der Waals surface area contributed by atoms with E-state index < -0.39 is 0 Å². The van der Waals surface area contributed by atoms with Gasteiger partial charge in [0.1, 0.15) is 5.82 Å². The van der Waals surface area contributed by atoms with Gasteiger partial charge in [-0.1, -0.05) is 29.5 Å². The van der Waals surface area contributed by atoms with Gasteiger partial charge in [-0.15, -0.1) is 0 Å². The normalized spacial score (nSPS) is 10.7. The van der Waals surface area contributed by atoms with Crippen LogP contribution in [0.15, 0.2) is 24.3 Å². The molecule has 0 bridgehead atoms. The molecule has 0 saturated heterocycles. The molecule has 0 atom stereocenters. The van der Waals surface area contributed by atoms with E-state index in [-0.39, 0.29) is 12.4 Å². The second-order valence-corrected chi connectivity index (χ2v) is 5.17. The summed E-state index contributed by atoms with van der Waals surface area (Å²) in [5.41, 5.74) is 1.47. The molecule has 0 unspecified atom stereocenters. The average Bonchev–Trinajstić information content (AvgIpc) is 2.73. The van der Waals surface area contributed by atoms with Crippen LogP contribution >= 0.6 is 11.3 Å². The van der Waals surface area contributed by atoms with Crippen molar-refractivity contribution in [3.05, 3.63) is 46.2 Å². The number of rotatable bonds is 4. The van der Waals surface area contributed by atoms with Crippen molar-refractivity contribution in [1.82, 2.24) is 4.98 Å². The van der Waals surface area contributed by atoms with Gasteiger partial charge in [0.25, 0.3) is 0 Å². The number of hydrogen-bond acceptors (Lipinski definition) is 4. The molecule has 3 nitrogen and oxygen atoms in total. The Hall–Kier alpha value is -1.46. The quantitative estimate of drug-likeness (QED) is 0.924. The van der Waals surface area contributed by atoms with E-state index >= 15 is 0 Å². The molecule has 0 saturated carbocycles. The van der Waals surface area contributed by atoms with Crippen LogP contribution in [-0.2, 0) is 13.2 Å². The number of hydrogen-bond donors (Lipinski definition) is 1. The Morgan fingerprint density at radius 3 is 2.72 bits per heavy atom. The van der Waals surface area contributed by atoms with E-state index in [0.29, 0.717) is 12.1 Å². The van der Waals surface area contributed by atoms with E-state index in [0.717, 1.165) is 15.7 Å². The Balaban J connectivity index is 2.16. The highest BCUT2D eigenvalue weighted by atomic mass is 32.1. The molecule has 1 aromatic heterocycles. The van der Waals surface area contributed by atoms with Gasteiger partial charge in [0.15, 0.2) is 5.13 Å². The predicted molar refractivity (Wildman–Crippen MR) is 71.3 cm³/mol. The fourth-order valence-corrected chi connectivity index (χ4v) is 2.55. The van der Waals surface area contributed by atoms with Crippen LogP contribution in [0.1, 0.15) is 16.1 Å². The maximum atomic E-state index is 13.5. The number of anilines is 1. The first-order valence-electron chi connectivity index (χ1n) is 5.63. The third-order valence-corrected chi connectivity index (χ3v) is 3.97. The summed E-state index contributed by atoms with van der Waals surface area (Å²) in [4.78, 5) is 7.11. The molecule has 0 fully saturated rings. The predicted octanol–water partition coefficient (Wildman–Crippen LogP) is 2.72. The van der Waals surface area contributed by atoms with Crippen LogP contribution in [0.25, 0.3) is 0 Å². The molecular formula is C13H15FN2OS. The molecule has 18 heavy (non-hydrogen) atoms. The summed E-state index contributed by atoms with van der Waals surface area (Å²) >= 11 is 1.44. The molecule has 0 aliphatic carbocycles. The smallest absolute Gasteiger partial charge is 0.185 e. The Morgan fingerprint density at radius 1 is 1.39 bits per heavy atom. The fraction of sp³-hybridized carbons (Fsp3) is 0.308. The monoisotopic (exact) mass is 266 g/mol. The molecule has 0 spiro atoms. The molecule has 2 aromatic rings. The van der Waals surface area contributed by atoms with Gasteiger partial charge in [0, 0.05) is 19.2 Å². The Bertz CT molecular complexity index is 542. The molecule has 0 aliphatic heterocycles. The number of aliphatic hydroxyl groups excluding tert-OH is 1. The Kier molecular flexibility index (Phi) is 3.93. The number of aromatic nitrogens is 1. The van der Waals surface area contributed by atoms with E-state index in [1.807, 2.05) is 24.9 Å². The number of halogens is 1. The van der Waals surface area contributed by atoms with E-state index in [9.17, 15) is 4.39 Å². The van der Waals surface area contributed by atoms with Crippen LogP contribution in [0.5, 0.6) is 0 Å². The molecular weight excluding hydrogens is 251 g/mol. The van der Waals surface area contributed by atoms with Crippen molar-refractivity contribution in [2.24, 2.45) is 0 Å². The SMILES string of the molecule is Cc1nc(N(C)Cc2ccccc2F)sc1CO. The zero-order valence-electron chi connectivity index (χ0n) is 10.4. The number of benzene rings is 1. The zero-order valence-corrected chi connectivity index (χ0v) is 11.2. The van der Waals surface area contributed by atoms with E-state index in [2.05, 4.69) is 4.98 Å². The summed E-state index contributed by atoms with van der Waals surface area (Å²) in [7, 11) is 1.87. The third-order valence-electron chi connectivity index (χ3n) is 2.72. The van der Waals surface area contributed by atoms with Crippen molar-refractivity contribution in [2.45, 2.75) is 20.1 Å². The lowest BCUT2D eigenvalue weighted by Gasteiger charge is -2.16. The summed E-state index contributed by atoms with van der Waals surface area (Å²) in [6, 6.07) is 6.71. The first kappa shape index (κ1) is 13.0. The largest absolute Gasteiger partial charge is 0.391 e. The van der Waals surface area contributed by atoms with Crippen LogP contribution < -0.4 is 4.90 Å². The number of aliphatic hydroxyl groups is 1. The minimum absolute atomic E-state index is 0.00294. The maximum absolute atomic E-state index is 13.5. The van der Waals surface area contributed by atoms with Crippen molar-refractivity contribution in [3.63, 3.8) is 0 Å². The fourth-order valence-electron chi connectivity index (χ4n) is 1.67. The molecule has 0 aliphatic rings. The van der Waals surface area contributed by atoms with Crippen LogP contribution in [0.2, 0.25) is 0 Å². The molecule has 2 rings (SSSR count). The molecule has 1 heterocycles. The van der Waals surface area contributed by atoms with Crippen molar-refractivity contribution < 1.29 is 9.50 Å². The Morgan fingerprint density at radius 2 is 2.11 bits per heavy atom.